The molecule has 2 heterocycles. The predicted molar refractivity (Wildman–Crippen MR) is 192 cm³/mol. The Balaban J connectivity index is 1.53. The maximum atomic E-state index is 14.6. The third-order valence-corrected chi connectivity index (χ3v) is 10.0. The maximum absolute atomic E-state index is 14.6. The molecule has 10 nitrogen and oxygen atoms in total. The Morgan fingerprint density at radius 2 is 1.65 bits per heavy atom. The lowest BCUT2D eigenvalue weighted by molar-refractivity contribution is 0.0543. The van der Waals surface area contributed by atoms with E-state index in [1.807, 2.05) is 60.4 Å². The van der Waals surface area contributed by atoms with Gasteiger partial charge < -0.3 is 24.6 Å². The topological polar surface area (TPSA) is 117 Å². The Kier molecular flexibility index (Phi) is 12.0. The van der Waals surface area contributed by atoms with Crippen molar-refractivity contribution >= 4 is 38.3 Å². The van der Waals surface area contributed by atoms with Gasteiger partial charge in [0.2, 0.25) is 9.68 Å². The average Bonchev–Trinajstić information content (AvgIpc) is 3.53. The number of anilines is 1. The molecular formula is C38H45N5O5Si. The molecule has 49 heavy (non-hydrogen) atoms. The molecule has 2 amide bonds. The molecule has 1 aromatic heterocycles. The number of ether oxygens (including phenoxy) is 1. The number of nitrogens with zero attached hydrogens (tertiary/aromatic N) is 4. The van der Waals surface area contributed by atoms with Gasteiger partial charge >= 0.3 is 5.97 Å². The molecule has 1 aliphatic rings. The second-order valence-corrected chi connectivity index (χ2v) is 13.4. The number of hydrogen-bond acceptors (Lipinski definition) is 7. The number of carbonyl (C=O) groups is 3. The number of rotatable bonds is 14. The van der Waals surface area contributed by atoms with E-state index >= 15 is 0 Å². The fraction of sp³-hybridized carbons (Fsp3) is 0.368. The highest BCUT2D eigenvalue weighted by Gasteiger charge is 2.32. The number of amides is 2. The van der Waals surface area contributed by atoms with E-state index in [2.05, 4.69) is 18.8 Å². The predicted octanol–water partition coefficient (Wildman–Crippen LogP) is 4.93. The Labute approximate surface area is 291 Å². The van der Waals surface area contributed by atoms with Gasteiger partial charge in [0.05, 0.1) is 36.6 Å². The highest BCUT2D eigenvalue weighted by Crippen LogP contribution is 2.29. The molecule has 0 saturated carbocycles. The second kappa shape index (κ2) is 16.6. The second-order valence-electron chi connectivity index (χ2n) is 12.3. The lowest BCUT2D eigenvalue weighted by Gasteiger charge is -2.36. The standard InChI is InChI=1S/C38H45N5O5Si/c1-5-7-19-41(20-8-6-2)37(46)33-21-26(3)43(39-33)34-18-17-29(40-49-35-16-12-11-15-31(35)38(47)48-4)23-32(34)36(45)42-24-28-14-10-9-13-27(28)22-30(42)25-44/h9-18,21,23,30,40,44H,5-8,19-20,22,24-25H2,1-4H3/t30-/m0/s1. The summed E-state index contributed by atoms with van der Waals surface area (Å²) >= 11 is 0. The zero-order valence-corrected chi connectivity index (χ0v) is 29.7. The Hall–Kier alpha value is -4.74. The number of methoxy groups -OCH3 is 1. The van der Waals surface area contributed by atoms with Gasteiger partial charge in [-0.1, -0.05) is 69.2 Å². The number of aliphatic hydroxyl groups is 1. The van der Waals surface area contributed by atoms with Crippen LogP contribution in [-0.4, -0.2) is 85.0 Å². The maximum Gasteiger partial charge on any atom is 0.337 e. The summed E-state index contributed by atoms with van der Waals surface area (Å²) in [5, 5.41) is 16.0. The molecule has 4 aromatic rings. The highest BCUT2D eigenvalue weighted by atomic mass is 28.2. The molecule has 11 heteroatoms. The van der Waals surface area contributed by atoms with E-state index in [9.17, 15) is 19.5 Å². The molecule has 1 aliphatic heterocycles. The van der Waals surface area contributed by atoms with E-state index in [1.54, 1.807) is 33.8 Å². The van der Waals surface area contributed by atoms with E-state index in [0.717, 1.165) is 47.7 Å². The van der Waals surface area contributed by atoms with Gasteiger partial charge in [0.1, 0.15) is 0 Å². The molecular weight excluding hydrogens is 635 g/mol. The lowest BCUT2D eigenvalue weighted by Crippen LogP contribution is -2.46. The van der Waals surface area contributed by atoms with Gasteiger partial charge in [-0.15, -0.1) is 0 Å². The minimum atomic E-state index is -0.418. The summed E-state index contributed by atoms with van der Waals surface area (Å²) in [7, 11) is 1.37. The van der Waals surface area contributed by atoms with Crippen LogP contribution in [0.25, 0.3) is 5.69 Å². The number of nitrogens with one attached hydrogen (secondary N) is 1. The fourth-order valence-electron chi connectivity index (χ4n) is 6.13. The molecule has 0 bridgehead atoms. The first-order valence-corrected chi connectivity index (χ1v) is 18.0. The van der Waals surface area contributed by atoms with Gasteiger partial charge in [-0.25, -0.2) is 9.48 Å². The van der Waals surface area contributed by atoms with E-state index in [1.165, 1.54) is 7.11 Å². The van der Waals surface area contributed by atoms with E-state index in [0.29, 0.717) is 54.3 Å². The molecule has 0 spiro atoms. The van der Waals surface area contributed by atoms with Crippen molar-refractivity contribution in [2.24, 2.45) is 0 Å². The summed E-state index contributed by atoms with van der Waals surface area (Å²) < 4.78 is 6.64. The quantitative estimate of drug-likeness (QED) is 0.144. The molecule has 5 rings (SSSR count). The Morgan fingerprint density at radius 1 is 0.959 bits per heavy atom. The first kappa shape index (κ1) is 35.6. The van der Waals surface area contributed by atoms with Crippen molar-refractivity contribution in [1.29, 1.82) is 0 Å². The fourth-order valence-corrected chi connectivity index (χ4v) is 7.06. The van der Waals surface area contributed by atoms with Gasteiger partial charge in [0, 0.05) is 31.0 Å². The molecule has 2 radical (unpaired) electrons. The molecule has 0 fully saturated rings. The number of fused-ring (bicyclic) bond motifs is 1. The van der Waals surface area contributed by atoms with Crippen molar-refractivity contribution in [2.45, 2.75) is 65.5 Å². The number of aryl methyl sites for hydroxylation is 1. The van der Waals surface area contributed by atoms with Crippen molar-refractivity contribution in [3.8, 4) is 5.69 Å². The molecule has 3 aromatic carbocycles. The van der Waals surface area contributed by atoms with Crippen LogP contribution in [0.15, 0.2) is 72.8 Å². The number of carbonyl (C=O) groups excluding carboxylic acids is 3. The van der Waals surface area contributed by atoms with E-state index < -0.39 is 12.0 Å². The number of benzene rings is 3. The summed E-state index contributed by atoms with van der Waals surface area (Å²) in [4.78, 5) is 47.7. The third-order valence-electron chi connectivity index (χ3n) is 8.91. The zero-order chi connectivity index (χ0) is 34.9. The third kappa shape index (κ3) is 8.11. The molecule has 256 valence electrons. The minimum Gasteiger partial charge on any atom is -0.465 e. The van der Waals surface area contributed by atoms with Crippen LogP contribution in [0.3, 0.4) is 0 Å². The molecule has 0 saturated heterocycles. The van der Waals surface area contributed by atoms with Crippen molar-refractivity contribution in [3.63, 3.8) is 0 Å². The largest absolute Gasteiger partial charge is 0.465 e. The normalized spacial score (nSPS) is 13.9. The minimum absolute atomic E-state index is 0.0131. The van der Waals surface area contributed by atoms with Crippen LogP contribution in [-0.2, 0) is 17.7 Å². The van der Waals surface area contributed by atoms with Gasteiger partial charge in [-0.2, -0.15) is 5.10 Å². The van der Waals surface area contributed by atoms with Crippen molar-refractivity contribution < 1.29 is 24.2 Å². The van der Waals surface area contributed by atoms with Crippen LogP contribution >= 0.6 is 0 Å². The van der Waals surface area contributed by atoms with Crippen LogP contribution in [0.4, 0.5) is 5.69 Å². The van der Waals surface area contributed by atoms with Crippen molar-refractivity contribution in [3.05, 3.63) is 106 Å². The van der Waals surface area contributed by atoms with Gasteiger partial charge in [0.25, 0.3) is 11.8 Å². The number of aromatic nitrogens is 2. The van der Waals surface area contributed by atoms with E-state index in [4.69, 9.17) is 9.84 Å². The molecule has 1 atom stereocenters. The van der Waals surface area contributed by atoms with Crippen LogP contribution < -0.4 is 10.2 Å². The molecule has 0 aliphatic carbocycles. The lowest BCUT2D eigenvalue weighted by atomic mass is 9.93. The van der Waals surface area contributed by atoms with Crippen LogP contribution in [0.1, 0.15) is 87.6 Å². The highest BCUT2D eigenvalue weighted by molar-refractivity contribution is 6.58. The summed E-state index contributed by atoms with van der Waals surface area (Å²) in [5.41, 5.74) is 5.29. The number of hydrogen-bond donors (Lipinski definition) is 2. The number of aliphatic hydroxyl groups excluding tert-OH is 1. The smallest absolute Gasteiger partial charge is 0.337 e. The van der Waals surface area contributed by atoms with Crippen LogP contribution in [0.5, 0.6) is 0 Å². The van der Waals surface area contributed by atoms with Crippen LogP contribution in [0, 0.1) is 6.92 Å². The van der Waals surface area contributed by atoms with E-state index in [-0.39, 0.29) is 28.1 Å². The Bertz CT molecular complexity index is 1780. The van der Waals surface area contributed by atoms with Gasteiger partial charge in [-0.05, 0) is 72.8 Å². The van der Waals surface area contributed by atoms with Gasteiger partial charge in [0.15, 0.2) is 5.69 Å². The summed E-state index contributed by atoms with van der Waals surface area (Å²) in [6, 6.07) is 22.1. The average molecular weight is 680 g/mol. The molecule has 0 unspecified atom stereocenters. The first-order valence-electron chi connectivity index (χ1n) is 17.0. The number of unbranched alkanes of at least 4 members (excludes halogenated alkanes) is 2. The summed E-state index contributed by atoms with van der Waals surface area (Å²) in [6.45, 7) is 7.62. The zero-order valence-electron chi connectivity index (χ0n) is 28.7. The van der Waals surface area contributed by atoms with Crippen molar-refractivity contribution in [1.82, 2.24) is 19.6 Å². The monoisotopic (exact) mass is 679 g/mol. The SMILES string of the molecule is CCCCN(CCCC)C(=O)c1cc(C)n(-c2ccc(N[Si]c3ccccc3C(=O)OC)cc2C(=O)N2Cc3ccccc3C[C@H]2CO)n1. The number of esters is 1. The molecule has 2 N–H and O–H groups in total. The Morgan fingerprint density at radius 3 is 2.35 bits per heavy atom. The first-order chi connectivity index (χ1) is 23.8. The van der Waals surface area contributed by atoms with Crippen molar-refractivity contribution in [2.75, 3.05) is 31.8 Å². The van der Waals surface area contributed by atoms with Crippen LogP contribution in [0.2, 0.25) is 0 Å². The summed E-state index contributed by atoms with van der Waals surface area (Å²) in [6.07, 6.45) is 4.35. The summed E-state index contributed by atoms with van der Waals surface area (Å²) in [5.74, 6) is -0.784. The van der Waals surface area contributed by atoms with Gasteiger partial charge in [-0.3, -0.25) is 9.59 Å².